The molecule has 3 N–H and O–H groups in total. The molecule has 29 heavy (non-hydrogen) atoms. The van der Waals surface area contributed by atoms with Gasteiger partial charge in [-0.25, -0.2) is 9.69 Å². The zero-order valence-electron chi connectivity index (χ0n) is 16.0. The van der Waals surface area contributed by atoms with Gasteiger partial charge in [-0.05, 0) is 45.0 Å². The molecule has 1 fully saturated rings. The van der Waals surface area contributed by atoms with Gasteiger partial charge >= 0.3 is 12.2 Å². The zero-order chi connectivity index (χ0) is 21.7. The number of rotatable bonds is 2. The van der Waals surface area contributed by atoms with Crippen molar-refractivity contribution in [3.63, 3.8) is 0 Å². The van der Waals surface area contributed by atoms with Crippen molar-refractivity contribution in [2.75, 3.05) is 9.80 Å². The van der Waals surface area contributed by atoms with Crippen LogP contribution in [-0.4, -0.2) is 17.5 Å². The molecular weight excluding hydrogens is 385 g/mol. The molecule has 0 saturated carbocycles. The molecule has 1 heterocycles. The number of anilines is 2. The van der Waals surface area contributed by atoms with E-state index < -0.39 is 34.8 Å². The second-order valence-corrected chi connectivity index (χ2v) is 7.27. The Labute approximate surface area is 164 Å². The molecule has 0 bridgehead atoms. The van der Waals surface area contributed by atoms with Crippen molar-refractivity contribution in [2.45, 2.75) is 32.5 Å². The Morgan fingerprint density at radius 2 is 1.69 bits per heavy atom. The minimum atomic E-state index is -4.80. The number of quaternary nitrogens is 1. The molecule has 0 unspecified atom stereocenters. The second kappa shape index (κ2) is 6.60. The fraction of sp³-hybridized carbons (Fsp3) is 0.250. The molecule has 0 atom stereocenters. The van der Waals surface area contributed by atoms with Gasteiger partial charge in [0.05, 0.1) is 28.6 Å². The number of urea groups is 1. The van der Waals surface area contributed by atoms with Crippen molar-refractivity contribution < 1.29 is 28.5 Å². The van der Waals surface area contributed by atoms with Gasteiger partial charge < -0.3 is 5.73 Å². The number of hydrogen-bond acceptors (Lipinski definition) is 3. The van der Waals surface area contributed by atoms with Gasteiger partial charge in [0.25, 0.3) is 5.91 Å². The number of imide groups is 1. The maximum absolute atomic E-state index is 13.3. The molecule has 9 heteroatoms. The summed E-state index contributed by atoms with van der Waals surface area (Å²) >= 11 is 0. The van der Waals surface area contributed by atoms with E-state index in [1.54, 1.807) is 18.2 Å². The summed E-state index contributed by atoms with van der Waals surface area (Å²) in [5.41, 5.74) is 2.49. The molecule has 6 nitrogen and oxygen atoms in total. The SMILES string of the molecule is Cc1ccc(N2C(=O)N(c3ccc(C#N)c(C(F)(F)F)c3)C(=O)C2(C)C)cc1[NH3+]. The first-order valence-electron chi connectivity index (χ1n) is 8.62. The van der Waals surface area contributed by atoms with E-state index >= 15 is 0 Å². The highest BCUT2D eigenvalue weighted by Gasteiger charge is 2.53. The first-order valence-corrected chi connectivity index (χ1v) is 8.62. The monoisotopic (exact) mass is 403 g/mol. The summed E-state index contributed by atoms with van der Waals surface area (Å²) in [5, 5.41) is 8.95. The fourth-order valence-electron chi connectivity index (χ4n) is 3.26. The molecule has 0 aliphatic carbocycles. The van der Waals surface area contributed by atoms with Gasteiger partial charge in [0.1, 0.15) is 11.2 Å². The predicted molar refractivity (Wildman–Crippen MR) is 99.3 cm³/mol. The van der Waals surface area contributed by atoms with E-state index in [9.17, 15) is 22.8 Å². The molecular formula is C20H18F3N4O2+. The van der Waals surface area contributed by atoms with Gasteiger partial charge in [0, 0.05) is 11.6 Å². The lowest BCUT2D eigenvalue weighted by Gasteiger charge is -2.27. The quantitative estimate of drug-likeness (QED) is 0.778. The molecule has 1 saturated heterocycles. The number of amides is 3. The number of carbonyl (C=O) groups is 2. The van der Waals surface area contributed by atoms with Crippen LogP contribution in [0.15, 0.2) is 36.4 Å². The highest BCUT2D eigenvalue weighted by molar-refractivity contribution is 6.30. The van der Waals surface area contributed by atoms with Crippen LogP contribution in [0.5, 0.6) is 0 Å². The van der Waals surface area contributed by atoms with Crippen molar-refractivity contribution in [2.24, 2.45) is 0 Å². The van der Waals surface area contributed by atoms with Gasteiger partial charge in [-0.2, -0.15) is 18.4 Å². The maximum atomic E-state index is 13.3. The number of alkyl halides is 3. The summed E-state index contributed by atoms with van der Waals surface area (Å²) in [6.45, 7) is 4.88. The molecule has 1 aliphatic heterocycles. The van der Waals surface area contributed by atoms with Crippen LogP contribution in [0, 0.1) is 18.3 Å². The van der Waals surface area contributed by atoms with E-state index in [2.05, 4.69) is 5.73 Å². The lowest BCUT2D eigenvalue weighted by molar-refractivity contribution is -0.255. The minimum Gasteiger partial charge on any atom is -0.325 e. The highest BCUT2D eigenvalue weighted by atomic mass is 19.4. The number of nitrogens with zero attached hydrogens (tertiary/aromatic N) is 3. The van der Waals surface area contributed by atoms with Crippen molar-refractivity contribution >= 4 is 29.0 Å². The first-order chi connectivity index (χ1) is 13.4. The van der Waals surface area contributed by atoms with Crippen LogP contribution < -0.4 is 15.5 Å². The van der Waals surface area contributed by atoms with E-state index in [0.717, 1.165) is 17.7 Å². The average molecular weight is 403 g/mol. The third-order valence-electron chi connectivity index (χ3n) is 4.95. The van der Waals surface area contributed by atoms with Crippen molar-refractivity contribution in [1.29, 1.82) is 5.26 Å². The summed E-state index contributed by atoms with van der Waals surface area (Å²) < 4.78 is 39.9. The molecule has 0 radical (unpaired) electrons. The predicted octanol–water partition coefficient (Wildman–Crippen LogP) is 3.51. The zero-order valence-corrected chi connectivity index (χ0v) is 16.0. The molecule has 1 aliphatic rings. The summed E-state index contributed by atoms with van der Waals surface area (Å²) in [4.78, 5) is 28.0. The minimum absolute atomic E-state index is 0.246. The number of halogens is 3. The highest BCUT2D eigenvalue weighted by Crippen LogP contribution is 2.39. The van der Waals surface area contributed by atoms with Crippen LogP contribution in [0.3, 0.4) is 0 Å². The van der Waals surface area contributed by atoms with Crippen LogP contribution in [0.2, 0.25) is 0 Å². The average Bonchev–Trinajstić information content (AvgIpc) is 2.81. The Hall–Kier alpha value is -3.38. The standard InChI is InChI=1S/C20H17F3N4O2/c1-11-4-6-14(9-16(11)25)27-18(29)26(17(28)19(27,2)3)13-7-5-12(10-24)15(8-13)20(21,22)23/h4-9H,25H2,1-3H3/p+1. The Bertz CT molecular complexity index is 1070. The molecule has 0 spiro atoms. The van der Waals surface area contributed by atoms with E-state index in [1.165, 1.54) is 24.8 Å². The Morgan fingerprint density at radius 3 is 2.24 bits per heavy atom. The second-order valence-electron chi connectivity index (χ2n) is 7.27. The van der Waals surface area contributed by atoms with E-state index in [0.29, 0.717) is 22.3 Å². The molecule has 150 valence electrons. The maximum Gasteiger partial charge on any atom is 0.417 e. The van der Waals surface area contributed by atoms with Crippen LogP contribution in [0.1, 0.15) is 30.5 Å². The van der Waals surface area contributed by atoms with Gasteiger partial charge in [-0.3, -0.25) is 9.69 Å². The van der Waals surface area contributed by atoms with Crippen molar-refractivity contribution in [3.05, 3.63) is 53.1 Å². The van der Waals surface area contributed by atoms with E-state index in [4.69, 9.17) is 5.26 Å². The summed E-state index contributed by atoms with van der Waals surface area (Å²) in [5.74, 6) is -0.675. The normalized spacial score (nSPS) is 16.3. The smallest absolute Gasteiger partial charge is 0.325 e. The summed E-state index contributed by atoms with van der Waals surface area (Å²) in [6.07, 6.45) is -4.80. The lowest BCUT2D eigenvalue weighted by atomic mass is 10.0. The molecule has 0 aromatic heterocycles. The Balaban J connectivity index is 2.13. The van der Waals surface area contributed by atoms with Crippen LogP contribution in [0.4, 0.5) is 35.0 Å². The number of carbonyl (C=O) groups excluding carboxylic acids is 2. The van der Waals surface area contributed by atoms with Crippen molar-refractivity contribution in [1.82, 2.24) is 0 Å². The summed E-state index contributed by atoms with van der Waals surface area (Å²) in [6, 6.07) is 8.51. The molecule has 2 aromatic rings. The van der Waals surface area contributed by atoms with Crippen LogP contribution >= 0.6 is 0 Å². The Kier molecular flexibility index (Phi) is 4.63. The lowest BCUT2D eigenvalue weighted by Crippen LogP contribution is -2.45. The van der Waals surface area contributed by atoms with E-state index in [1.807, 2.05) is 6.92 Å². The fourth-order valence-corrected chi connectivity index (χ4v) is 3.26. The topological polar surface area (TPSA) is 92.0 Å². The number of hydrogen-bond donors (Lipinski definition) is 1. The number of benzene rings is 2. The molecule has 3 amide bonds. The van der Waals surface area contributed by atoms with Gasteiger partial charge in [0.15, 0.2) is 0 Å². The van der Waals surface area contributed by atoms with E-state index in [-0.39, 0.29) is 5.69 Å². The van der Waals surface area contributed by atoms with Gasteiger partial charge in [-0.1, -0.05) is 6.07 Å². The molecule has 3 rings (SSSR count). The Morgan fingerprint density at radius 1 is 1.07 bits per heavy atom. The summed E-state index contributed by atoms with van der Waals surface area (Å²) in [7, 11) is 0. The van der Waals surface area contributed by atoms with Gasteiger partial charge in [0.2, 0.25) is 0 Å². The van der Waals surface area contributed by atoms with Crippen molar-refractivity contribution in [3.8, 4) is 6.07 Å². The third kappa shape index (κ3) is 3.21. The van der Waals surface area contributed by atoms with Gasteiger partial charge in [-0.15, -0.1) is 0 Å². The van der Waals surface area contributed by atoms with Crippen LogP contribution in [-0.2, 0) is 11.0 Å². The van der Waals surface area contributed by atoms with Crippen LogP contribution in [0.25, 0.3) is 0 Å². The third-order valence-corrected chi connectivity index (χ3v) is 4.95. The number of nitriles is 1. The largest absolute Gasteiger partial charge is 0.417 e. The first kappa shape index (κ1) is 20.4. The number of aryl methyl sites for hydroxylation is 1. The molecule has 2 aromatic carbocycles.